The number of methoxy groups -OCH3 is 2. The molecule has 1 aromatic heterocycles. The Morgan fingerprint density at radius 3 is 2.44 bits per heavy atom. The van der Waals surface area contributed by atoms with Crippen LogP contribution in [-0.2, 0) is 0 Å². The van der Waals surface area contributed by atoms with Crippen LogP contribution in [0, 0.1) is 29.6 Å². The predicted octanol–water partition coefficient (Wildman–Crippen LogP) is 3.71. The molecular formula is C21H18N4O2. The summed E-state index contributed by atoms with van der Waals surface area (Å²) in [7, 11) is 3.19. The Hall–Kier alpha value is -3.77. The first-order chi connectivity index (χ1) is 13.0. The summed E-state index contributed by atoms with van der Waals surface area (Å²) >= 11 is 0. The minimum absolute atomic E-state index is 0.134. The van der Waals surface area contributed by atoms with E-state index in [-0.39, 0.29) is 5.82 Å². The number of nitrogen functional groups attached to an aromatic ring is 1. The van der Waals surface area contributed by atoms with Crippen LogP contribution in [0.5, 0.6) is 11.5 Å². The molecule has 3 rings (SSSR count). The van der Waals surface area contributed by atoms with Gasteiger partial charge in [-0.1, -0.05) is 0 Å². The number of pyridine rings is 1. The highest BCUT2D eigenvalue weighted by Crippen LogP contribution is 2.44. The molecule has 0 saturated carbocycles. The molecule has 0 amide bonds. The second-order valence-corrected chi connectivity index (χ2v) is 6.11. The first kappa shape index (κ1) is 18.0. The van der Waals surface area contributed by atoms with Gasteiger partial charge in [-0.25, -0.2) is 4.98 Å². The zero-order chi connectivity index (χ0) is 19.7. The summed E-state index contributed by atoms with van der Waals surface area (Å²) in [6.07, 6.45) is 1.92. The number of nitrogens with zero attached hydrogens (tertiary/aromatic N) is 3. The number of nitrogens with two attached hydrogens (primary N) is 1. The molecule has 0 fully saturated rings. The van der Waals surface area contributed by atoms with Crippen molar-refractivity contribution in [3.63, 3.8) is 0 Å². The molecule has 0 spiro atoms. The molecule has 0 bridgehead atoms. The maximum Gasteiger partial charge on any atom is 0.142 e. The predicted molar refractivity (Wildman–Crippen MR) is 104 cm³/mol. The molecule has 1 aliphatic carbocycles. The Kier molecular flexibility index (Phi) is 4.58. The molecular weight excluding hydrogens is 340 g/mol. The Balaban J connectivity index is 2.34. The van der Waals surface area contributed by atoms with Crippen molar-refractivity contribution in [2.45, 2.75) is 13.8 Å². The van der Waals surface area contributed by atoms with Gasteiger partial charge >= 0.3 is 0 Å². The third-order valence-electron chi connectivity index (χ3n) is 4.72. The average molecular weight is 358 g/mol. The van der Waals surface area contributed by atoms with Crippen LogP contribution in [-0.4, -0.2) is 19.2 Å². The molecule has 0 atom stereocenters. The Labute approximate surface area is 157 Å². The summed E-state index contributed by atoms with van der Waals surface area (Å²) in [5.74, 6) is 1.49. The smallest absolute Gasteiger partial charge is 0.142 e. The van der Waals surface area contributed by atoms with Gasteiger partial charge in [-0.15, -0.1) is 0 Å². The van der Waals surface area contributed by atoms with E-state index >= 15 is 0 Å². The molecule has 2 N–H and O–H groups in total. The molecule has 0 unspecified atom stereocenters. The number of rotatable bonds is 3. The molecule has 6 nitrogen and oxygen atoms in total. The normalized spacial score (nSPS) is 13.9. The number of fused-ring (bicyclic) bond motifs is 1. The zero-order valence-corrected chi connectivity index (χ0v) is 15.5. The quantitative estimate of drug-likeness (QED) is 0.896. The maximum atomic E-state index is 9.63. The van der Waals surface area contributed by atoms with Crippen molar-refractivity contribution >= 4 is 23.0 Å². The van der Waals surface area contributed by atoms with Crippen molar-refractivity contribution in [3.05, 3.63) is 51.7 Å². The molecule has 27 heavy (non-hydrogen) atoms. The number of nitriles is 2. The molecule has 1 aliphatic rings. The fourth-order valence-corrected chi connectivity index (χ4v) is 3.30. The summed E-state index contributed by atoms with van der Waals surface area (Å²) < 4.78 is 10.8. The van der Waals surface area contributed by atoms with Crippen LogP contribution in [0.4, 0.5) is 5.82 Å². The van der Waals surface area contributed by atoms with E-state index in [2.05, 4.69) is 17.1 Å². The van der Waals surface area contributed by atoms with Gasteiger partial charge in [0.25, 0.3) is 0 Å². The Morgan fingerprint density at radius 1 is 1.11 bits per heavy atom. The lowest BCUT2D eigenvalue weighted by molar-refractivity contribution is 0.402. The van der Waals surface area contributed by atoms with Gasteiger partial charge in [-0.3, -0.25) is 0 Å². The third-order valence-corrected chi connectivity index (χ3v) is 4.72. The van der Waals surface area contributed by atoms with Crippen LogP contribution < -0.4 is 15.2 Å². The van der Waals surface area contributed by atoms with Gasteiger partial charge in [0.05, 0.1) is 31.1 Å². The third kappa shape index (κ3) is 2.78. The zero-order valence-electron chi connectivity index (χ0n) is 15.5. The van der Waals surface area contributed by atoms with Gasteiger partial charge in [0.15, 0.2) is 0 Å². The maximum absolute atomic E-state index is 9.63. The van der Waals surface area contributed by atoms with E-state index in [1.165, 1.54) is 0 Å². The molecule has 1 heterocycles. The van der Waals surface area contributed by atoms with Crippen molar-refractivity contribution in [2.75, 3.05) is 20.0 Å². The summed E-state index contributed by atoms with van der Waals surface area (Å²) in [5, 5.41) is 19.1. The van der Waals surface area contributed by atoms with Crippen LogP contribution in [0.25, 0.3) is 17.2 Å². The number of aromatic nitrogens is 1. The second-order valence-electron chi connectivity index (χ2n) is 6.11. The number of hydrogen-bond acceptors (Lipinski definition) is 6. The van der Waals surface area contributed by atoms with E-state index < -0.39 is 0 Å². The average Bonchev–Trinajstić information content (AvgIpc) is 2.92. The minimum Gasteiger partial charge on any atom is -0.497 e. The highest BCUT2D eigenvalue weighted by Gasteiger charge is 2.29. The first-order valence-electron chi connectivity index (χ1n) is 8.22. The van der Waals surface area contributed by atoms with Gasteiger partial charge < -0.3 is 15.2 Å². The van der Waals surface area contributed by atoms with Crippen LogP contribution in [0.15, 0.2) is 23.8 Å². The second kappa shape index (κ2) is 6.86. The number of allylic oxidation sites excluding steroid dienone is 3. The number of anilines is 1. The summed E-state index contributed by atoms with van der Waals surface area (Å²) in [6.45, 7) is 3.68. The van der Waals surface area contributed by atoms with Crippen LogP contribution >= 0.6 is 0 Å². The lowest BCUT2D eigenvalue weighted by atomic mass is 9.95. The highest BCUT2D eigenvalue weighted by atomic mass is 16.5. The van der Waals surface area contributed by atoms with Gasteiger partial charge in [0, 0.05) is 11.1 Å². The molecule has 2 aromatic rings. The van der Waals surface area contributed by atoms with E-state index in [9.17, 15) is 10.5 Å². The van der Waals surface area contributed by atoms with E-state index in [0.717, 1.165) is 22.3 Å². The van der Waals surface area contributed by atoms with Gasteiger partial charge in [-0.2, -0.15) is 10.5 Å². The van der Waals surface area contributed by atoms with Crippen molar-refractivity contribution in [1.82, 2.24) is 4.98 Å². The summed E-state index contributed by atoms with van der Waals surface area (Å²) in [6, 6.07) is 9.80. The molecule has 6 heteroatoms. The van der Waals surface area contributed by atoms with Crippen molar-refractivity contribution < 1.29 is 9.47 Å². The van der Waals surface area contributed by atoms with Gasteiger partial charge in [0.2, 0.25) is 0 Å². The van der Waals surface area contributed by atoms with Gasteiger partial charge in [-0.05, 0) is 54.8 Å². The van der Waals surface area contributed by atoms with E-state index in [4.69, 9.17) is 15.2 Å². The lowest BCUT2D eigenvalue weighted by Crippen LogP contribution is -2.03. The summed E-state index contributed by atoms with van der Waals surface area (Å²) in [4.78, 5) is 4.33. The van der Waals surface area contributed by atoms with E-state index in [1.54, 1.807) is 14.2 Å². The first-order valence-corrected chi connectivity index (χ1v) is 8.22. The van der Waals surface area contributed by atoms with Crippen molar-refractivity contribution in [2.24, 2.45) is 0 Å². The Morgan fingerprint density at radius 2 is 1.85 bits per heavy atom. The number of ether oxygens (including phenoxy) is 2. The Bertz CT molecular complexity index is 1100. The largest absolute Gasteiger partial charge is 0.497 e. The fraction of sp³-hybridized carbons (Fsp3) is 0.190. The minimum atomic E-state index is 0.134. The highest BCUT2D eigenvalue weighted by molar-refractivity contribution is 6.09. The van der Waals surface area contributed by atoms with Crippen LogP contribution in [0.1, 0.15) is 34.9 Å². The monoisotopic (exact) mass is 358 g/mol. The fourth-order valence-electron chi connectivity index (χ4n) is 3.30. The van der Waals surface area contributed by atoms with Gasteiger partial charge in [0.1, 0.15) is 29.5 Å². The topological polar surface area (TPSA) is 105 Å². The molecule has 134 valence electrons. The number of hydrogen-bond donors (Lipinski definition) is 1. The summed E-state index contributed by atoms with van der Waals surface area (Å²) in [5.41, 5.74) is 11.1. The van der Waals surface area contributed by atoms with Crippen molar-refractivity contribution in [3.8, 4) is 23.6 Å². The van der Waals surface area contributed by atoms with Crippen molar-refractivity contribution in [1.29, 1.82) is 10.5 Å². The molecule has 0 aliphatic heterocycles. The van der Waals surface area contributed by atoms with E-state index in [1.807, 2.05) is 38.1 Å². The van der Waals surface area contributed by atoms with E-state index in [0.29, 0.717) is 33.9 Å². The molecule has 1 aromatic carbocycles. The molecule has 0 saturated heterocycles. The standard InChI is InChI=1S/C21H18N4O2/c1-11-15(8-13-7-14(26-3)5-6-18(13)27-4)19-12(2)17(10-23)21(24)25-20(19)16(11)9-22/h5-8H,1-4H3,(H2,24,25)/b15-8-. The van der Waals surface area contributed by atoms with Crippen LogP contribution in [0.2, 0.25) is 0 Å². The number of benzene rings is 1. The SMILES string of the molecule is COc1ccc(OC)c(/C=C2/C(C)=C(C#N)c3nc(N)c(C#N)c(C)c32)c1. The van der Waals surface area contributed by atoms with Crippen LogP contribution in [0.3, 0.4) is 0 Å². The lowest BCUT2D eigenvalue weighted by Gasteiger charge is -2.12. The molecule has 0 radical (unpaired) electrons.